The van der Waals surface area contributed by atoms with Crippen LogP contribution in [-0.4, -0.2) is 22.9 Å². The maximum atomic E-state index is 12.2. The molecule has 0 amide bonds. The Morgan fingerprint density at radius 2 is 1.68 bits per heavy atom. The molecular weight excluding hydrogens is 272 g/mol. The van der Waals surface area contributed by atoms with Crippen LogP contribution in [0.4, 0.5) is 0 Å². The second-order valence-electron chi connectivity index (χ2n) is 7.70. The van der Waals surface area contributed by atoms with E-state index in [0.29, 0.717) is 6.04 Å². The summed E-state index contributed by atoms with van der Waals surface area (Å²) in [5.41, 5.74) is 1.87. The second-order valence-corrected chi connectivity index (χ2v) is 7.70. The molecule has 0 bridgehead atoms. The third-order valence-corrected chi connectivity index (χ3v) is 4.03. The van der Waals surface area contributed by atoms with Crippen molar-refractivity contribution in [3.05, 3.63) is 47.7 Å². The van der Waals surface area contributed by atoms with Gasteiger partial charge in [0.2, 0.25) is 0 Å². The zero-order chi connectivity index (χ0) is 16.4. The van der Waals surface area contributed by atoms with Gasteiger partial charge in [-0.25, -0.2) is 0 Å². The average molecular weight is 300 g/mol. The SMILES string of the molecule is C/C(=C\C(=O)c1ccccc1)NC1CC(C)(C)NC(C)(C)C1. The van der Waals surface area contributed by atoms with Crippen molar-refractivity contribution in [2.24, 2.45) is 0 Å². The summed E-state index contributed by atoms with van der Waals surface area (Å²) in [6, 6.07) is 9.78. The van der Waals surface area contributed by atoms with E-state index in [1.807, 2.05) is 37.3 Å². The lowest BCUT2D eigenvalue weighted by atomic mass is 9.79. The molecule has 1 fully saturated rings. The number of ketones is 1. The quantitative estimate of drug-likeness (QED) is 0.658. The maximum absolute atomic E-state index is 12.2. The van der Waals surface area contributed by atoms with Gasteiger partial charge in [0.05, 0.1) is 0 Å². The van der Waals surface area contributed by atoms with Crippen molar-refractivity contribution in [2.45, 2.75) is 64.6 Å². The number of piperidine rings is 1. The van der Waals surface area contributed by atoms with Crippen LogP contribution in [0.15, 0.2) is 42.1 Å². The van der Waals surface area contributed by atoms with Crippen molar-refractivity contribution in [2.75, 3.05) is 0 Å². The topological polar surface area (TPSA) is 41.1 Å². The molecule has 2 rings (SSSR count). The third kappa shape index (κ3) is 4.70. The van der Waals surface area contributed by atoms with E-state index in [-0.39, 0.29) is 16.9 Å². The summed E-state index contributed by atoms with van der Waals surface area (Å²) in [7, 11) is 0. The highest BCUT2D eigenvalue weighted by Gasteiger charge is 2.37. The fourth-order valence-corrected chi connectivity index (χ4v) is 3.67. The molecule has 0 atom stereocenters. The van der Waals surface area contributed by atoms with E-state index in [1.165, 1.54) is 0 Å². The minimum absolute atomic E-state index is 0.0538. The molecule has 0 unspecified atom stereocenters. The average Bonchev–Trinajstić information content (AvgIpc) is 2.35. The van der Waals surface area contributed by atoms with Crippen molar-refractivity contribution in [1.82, 2.24) is 10.6 Å². The minimum atomic E-state index is 0.0538. The Balaban J connectivity index is 2.03. The summed E-state index contributed by atoms with van der Waals surface area (Å²) in [5, 5.41) is 7.21. The number of hydrogen-bond donors (Lipinski definition) is 2. The van der Waals surface area contributed by atoms with Gasteiger partial charge in [0.25, 0.3) is 0 Å². The molecule has 1 aliphatic rings. The molecule has 1 aromatic rings. The van der Waals surface area contributed by atoms with Crippen molar-refractivity contribution in [3.8, 4) is 0 Å². The third-order valence-electron chi connectivity index (χ3n) is 4.03. The number of hydrogen-bond acceptors (Lipinski definition) is 3. The molecule has 3 nitrogen and oxygen atoms in total. The van der Waals surface area contributed by atoms with E-state index in [1.54, 1.807) is 6.08 Å². The molecule has 22 heavy (non-hydrogen) atoms. The van der Waals surface area contributed by atoms with Crippen molar-refractivity contribution < 1.29 is 4.79 Å². The predicted octanol–water partition coefficient (Wildman–Crippen LogP) is 3.67. The van der Waals surface area contributed by atoms with E-state index in [9.17, 15) is 4.79 Å². The summed E-state index contributed by atoms with van der Waals surface area (Å²) < 4.78 is 0. The molecule has 2 N–H and O–H groups in total. The lowest BCUT2D eigenvalue weighted by molar-refractivity contribution is 0.104. The predicted molar refractivity (Wildman–Crippen MR) is 92.0 cm³/mol. The van der Waals surface area contributed by atoms with Crippen molar-refractivity contribution in [3.63, 3.8) is 0 Å². The molecule has 1 aliphatic heterocycles. The van der Waals surface area contributed by atoms with Crippen LogP contribution < -0.4 is 10.6 Å². The summed E-state index contributed by atoms with van der Waals surface area (Å²) in [6.07, 6.45) is 3.79. The number of rotatable bonds is 4. The molecule has 1 aromatic carbocycles. The van der Waals surface area contributed by atoms with Crippen LogP contribution in [-0.2, 0) is 0 Å². The maximum Gasteiger partial charge on any atom is 0.187 e. The van der Waals surface area contributed by atoms with Gasteiger partial charge in [0, 0.05) is 34.5 Å². The minimum Gasteiger partial charge on any atom is -0.386 e. The van der Waals surface area contributed by atoms with Crippen LogP contribution >= 0.6 is 0 Å². The molecule has 120 valence electrons. The lowest BCUT2D eigenvalue weighted by Crippen LogP contribution is -2.61. The number of carbonyl (C=O) groups excluding carboxylic acids is 1. The van der Waals surface area contributed by atoms with Gasteiger partial charge >= 0.3 is 0 Å². The first kappa shape index (κ1) is 16.8. The van der Waals surface area contributed by atoms with Gasteiger partial charge in [0.15, 0.2) is 5.78 Å². The first-order chi connectivity index (χ1) is 10.2. The molecule has 0 saturated carbocycles. The highest BCUT2D eigenvalue weighted by Crippen LogP contribution is 2.28. The Hall–Kier alpha value is -1.61. The molecule has 1 heterocycles. The smallest absolute Gasteiger partial charge is 0.187 e. The zero-order valence-electron chi connectivity index (χ0n) is 14.4. The van der Waals surface area contributed by atoms with E-state index in [0.717, 1.165) is 24.1 Å². The molecule has 0 aliphatic carbocycles. The van der Waals surface area contributed by atoms with Gasteiger partial charge in [-0.1, -0.05) is 30.3 Å². The highest BCUT2D eigenvalue weighted by molar-refractivity contribution is 6.04. The van der Waals surface area contributed by atoms with Crippen LogP contribution in [0, 0.1) is 0 Å². The lowest BCUT2D eigenvalue weighted by Gasteiger charge is -2.47. The highest BCUT2D eigenvalue weighted by atomic mass is 16.1. The number of nitrogens with one attached hydrogen (secondary N) is 2. The van der Waals surface area contributed by atoms with Gasteiger partial charge < -0.3 is 10.6 Å². The van der Waals surface area contributed by atoms with Crippen molar-refractivity contribution >= 4 is 5.78 Å². The van der Waals surface area contributed by atoms with Gasteiger partial charge in [-0.15, -0.1) is 0 Å². The molecule has 0 aromatic heterocycles. The molecule has 1 saturated heterocycles. The molecule has 3 heteroatoms. The Bertz CT molecular complexity index is 542. The largest absolute Gasteiger partial charge is 0.386 e. The summed E-state index contributed by atoms with van der Waals surface area (Å²) in [6.45, 7) is 10.9. The van der Waals surface area contributed by atoms with Gasteiger partial charge in [0.1, 0.15) is 0 Å². The van der Waals surface area contributed by atoms with Crippen LogP contribution in [0.1, 0.15) is 57.8 Å². The van der Waals surface area contributed by atoms with Crippen molar-refractivity contribution in [1.29, 1.82) is 0 Å². The molecule has 0 spiro atoms. The first-order valence-corrected chi connectivity index (χ1v) is 8.00. The Kier molecular flexibility index (Phi) is 4.76. The normalized spacial score (nSPS) is 21.4. The Labute approximate surface area is 134 Å². The van der Waals surface area contributed by atoms with E-state index in [4.69, 9.17) is 0 Å². The van der Waals surface area contributed by atoms with Gasteiger partial charge in [-0.2, -0.15) is 0 Å². The summed E-state index contributed by atoms with van der Waals surface area (Å²) in [5.74, 6) is 0.0538. The van der Waals surface area contributed by atoms with Crippen LogP contribution in [0.25, 0.3) is 0 Å². The summed E-state index contributed by atoms with van der Waals surface area (Å²) in [4.78, 5) is 12.2. The van der Waals surface area contributed by atoms with E-state index >= 15 is 0 Å². The van der Waals surface area contributed by atoms with Gasteiger partial charge in [-0.05, 0) is 47.5 Å². The van der Waals surface area contributed by atoms with E-state index < -0.39 is 0 Å². The van der Waals surface area contributed by atoms with E-state index in [2.05, 4.69) is 38.3 Å². The number of benzene rings is 1. The second kappa shape index (κ2) is 6.25. The van der Waals surface area contributed by atoms with Crippen LogP contribution in [0.2, 0.25) is 0 Å². The molecule has 0 radical (unpaired) electrons. The van der Waals surface area contributed by atoms with Gasteiger partial charge in [-0.3, -0.25) is 4.79 Å². The number of allylic oxidation sites excluding steroid dienone is 2. The number of carbonyl (C=O) groups is 1. The zero-order valence-corrected chi connectivity index (χ0v) is 14.4. The first-order valence-electron chi connectivity index (χ1n) is 8.00. The fourth-order valence-electron chi connectivity index (χ4n) is 3.67. The van der Waals surface area contributed by atoms with Crippen LogP contribution in [0.5, 0.6) is 0 Å². The summed E-state index contributed by atoms with van der Waals surface area (Å²) >= 11 is 0. The standard InChI is InChI=1S/C19H28N2O/c1-14(11-17(22)15-9-7-6-8-10-15)20-16-12-18(2,3)21-19(4,5)13-16/h6-11,16,20-21H,12-13H2,1-5H3/b14-11+. The monoisotopic (exact) mass is 300 g/mol. The fraction of sp³-hybridized carbons (Fsp3) is 0.526. The van der Waals surface area contributed by atoms with Crippen LogP contribution in [0.3, 0.4) is 0 Å². The Morgan fingerprint density at radius 3 is 2.23 bits per heavy atom. The molecular formula is C19H28N2O. The Morgan fingerprint density at radius 1 is 1.14 bits per heavy atom.